The van der Waals surface area contributed by atoms with Crippen molar-refractivity contribution in [3.05, 3.63) is 63.0 Å². The van der Waals surface area contributed by atoms with Gasteiger partial charge in [0.25, 0.3) is 0 Å². The molecule has 130 valence electrons. The summed E-state index contributed by atoms with van der Waals surface area (Å²) in [5.74, 6) is 0.308. The third-order valence-corrected chi connectivity index (χ3v) is 5.04. The lowest BCUT2D eigenvalue weighted by Crippen LogP contribution is -2.10. The van der Waals surface area contributed by atoms with Crippen LogP contribution in [0, 0.1) is 12.7 Å². The lowest BCUT2D eigenvalue weighted by Gasteiger charge is -2.20. The molecule has 0 amide bonds. The molecule has 25 heavy (non-hydrogen) atoms. The smallest absolute Gasteiger partial charge is 0.128 e. The van der Waals surface area contributed by atoms with Crippen LogP contribution in [0.3, 0.4) is 0 Å². The fraction of sp³-hybridized carbons (Fsp3) is 0.211. The van der Waals surface area contributed by atoms with Crippen LogP contribution in [0.25, 0.3) is 10.9 Å². The maximum absolute atomic E-state index is 14.3. The fourth-order valence-corrected chi connectivity index (χ4v) is 3.31. The van der Waals surface area contributed by atoms with E-state index in [1.165, 1.54) is 6.07 Å². The Bertz CT molecular complexity index is 948. The molecule has 1 N–H and O–H groups in total. The SMILES string of the molecule is COc1ccc(F)c([C@@H](C)Nc2c(Cl)c(C)nc3ccc(Br)cc23)c1. The van der Waals surface area contributed by atoms with E-state index in [1.807, 2.05) is 32.0 Å². The molecule has 0 unspecified atom stereocenters. The zero-order valence-electron chi connectivity index (χ0n) is 14.0. The second-order valence-corrected chi connectivity index (χ2v) is 7.09. The van der Waals surface area contributed by atoms with Crippen molar-refractivity contribution >= 4 is 44.1 Å². The van der Waals surface area contributed by atoms with E-state index >= 15 is 0 Å². The van der Waals surface area contributed by atoms with Gasteiger partial charge in [-0.25, -0.2) is 4.39 Å². The number of pyridine rings is 1. The van der Waals surface area contributed by atoms with Crippen molar-refractivity contribution in [1.82, 2.24) is 4.98 Å². The van der Waals surface area contributed by atoms with Crippen LogP contribution in [-0.4, -0.2) is 12.1 Å². The summed E-state index contributed by atoms with van der Waals surface area (Å²) < 4.78 is 20.4. The molecule has 3 aromatic rings. The highest BCUT2D eigenvalue weighted by atomic mass is 79.9. The highest BCUT2D eigenvalue weighted by Gasteiger charge is 2.17. The summed E-state index contributed by atoms with van der Waals surface area (Å²) in [5.41, 5.74) is 2.79. The van der Waals surface area contributed by atoms with Gasteiger partial charge in [0.2, 0.25) is 0 Å². The van der Waals surface area contributed by atoms with Crippen molar-refractivity contribution in [1.29, 1.82) is 0 Å². The van der Waals surface area contributed by atoms with E-state index in [9.17, 15) is 4.39 Å². The van der Waals surface area contributed by atoms with Crippen LogP contribution in [0.5, 0.6) is 5.75 Å². The van der Waals surface area contributed by atoms with Crippen LogP contribution in [-0.2, 0) is 0 Å². The van der Waals surface area contributed by atoms with Crippen molar-refractivity contribution in [2.45, 2.75) is 19.9 Å². The van der Waals surface area contributed by atoms with Crippen LogP contribution in [0.2, 0.25) is 5.02 Å². The van der Waals surface area contributed by atoms with E-state index in [0.29, 0.717) is 16.3 Å². The number of hydrogen-bond donors (Lipinski definition) is 1. The maximum Gasteiger partial charge on any atom is 0.128 e. The number of methoxy groups -OCH3 is 1. The second-order valence-electron chi connectivity index (χ2n) is 5.80. The number of nitrogens with zero attached hydrogens (tertiary/aromatic N) is 1. The predicted octanol–water partition coefficient (Wildman–Crippen LogP) is 6.28. The molecule has 0 aliphatic heterocycles. The Kier molecular flexibility index (Phi) is 5.16. The Morgan fingerprint density at radius 2 is 2.00 bits per heavy atom. The first kappa shape index (κ1) is 18.0. The Balaban J connectivity index is 2.08. The molecule has 3 nitrogen and oxygen atoms in total. The third kappa shape index (κ3) is 3.58. The van der Waals surface area contributed by atoms with E-state index < -0.39 is 0 Å². The van der Waals surface area contributed by atoms with E-state index in [0.717, 1.165) is 26.8 Å². The van der Waals surface area contributed by atoms with Crippen molar-refractivity contribution in [2.24, 2.45) is 0 Å². The molecular weight excluding hydrogens is 407 g/mol. The minimum atomic E-state index is -0.309. The van der Waals surface area contributed by atoms with Crippen molar-refractivity contribution < 1.29 is 9.13 Å². The molecule has 6 heteroatoms. The molecular formula is C19H17BrClFN2O. The van der Waals surface area contributed by atoms with Crippen LogP contribution in [0.4, 0.5) is 10.1 Å². The first-order chi connectivity index (χ1) is 11.9. The van der Waals surface area contributed by atoms with Crippen molar-refractivity contribution in [3.8, 4) is 5.75 Å². The van der Waals surface area contributed by atoms with Gasteiger partial charge in [-0.2, -0.15) is 0 Å². The quantitative estimate of drug-likeness (QED) is 0.536. The molecule has 3 rings (SSSR count). The van der Waals surface area contributed by atoms with E-state index in [1.54, 1.807) is 19.2 Å². The lowest BCUT2D eigenvalue weighted by molar-refractivity contribution is 0.412. The molecule has 0 aliphatic carbocycles. The first-order valence-electron chi connectivity index (χ1n) is 7.76. The van der Waals surface area contributed by atoms with Crippen LogP contribution in [0.15, 0.2) is 40.9 Å². The van der Waals surface area contributed by atoms with Gasteiger partial charge < -0.3 is 10.1 Å². The zero-order chi connectivity index (χ0) is 18.1. The van der Waals surface area contributed by atoms with E-state index in [2.05, 4.69) is 26.2 Å². The number of fused-ring (bicyclic) bond motifs is 1. The summed E-state index contributed by atoms with van der Waals surface area (Å²) in [6.07, 6.45) is 0. The average Bonchev–Trinajstić information content (AvgIpc) is 2.60. The summed E-state index contributed by atoms with van der Waals surface area (Å²) in [7, 11) is 1.56. The monoisotopic (exact) mass is 422 g/mol. The van der Waals surface area contributed by atoms with Gasteiger partial charge >= 0.3 is 0 Å². The molecule has 1 aromatic heterocycles. The van der Waals surface area contributed by atoms with E-state index in [4.69, 9.17) is 16.3 Å². The van der Waals surface area contributed by atoms with Gasteiger partial charge in [0.1, 0.15) is 11.6 Å². The third-order valence-electron chi connectivity index (χ3n) is 4.08. The highest BCUT2D eigenvalue weighted by Crippen LogP contribution is 2.36. The fourth-order valence-electron chi connectivity index (χ4n) is 2.75. The Labute approximate surface area is 159 Å². The topological polar surface area (TPSA) is 34.1 Å². The number of anilines is 1. The number of aryl methyl sites for hydroxylation is 1. The number of benzene rings is 2. The van der Waals surface area contributed by atoms with Crippen molar-refractivity contribution in [2.75, 3.05) is 12.4 Å². The molecule has 0 saturated carbocycles. The number of rotatable bonds is 4. The summed E-state index contributed by atoms with van der Waals surface area (Å²) in [5, 5.41) is 4.74. The summed E-state index contributed by atoms with van der Waals surface area (Å²) in [6, 6.07) is 10.2. The van der Waals surface area contributed by atoms with Gasteiger partial charge in [-0.1, -0.05) is 27.5 Å². The summed E-state index contributed by atoms with van der Waals surface area (Å²) in [4.78, 5) is 4.52. The Hall–Kier alpha value is -1.85. The lowest BCUT2D eigenvalue weighted by atomic mass is 10.1. The number of ether oxygens (including phenoxy) is 1. The summed E-state index contributed by atoms with van der Waals surface area (Å²) >= 11 is 9.97. The van der Waals surface area contributed by atoms with Gasteiger partial charge in [0.15, 0.2) is 0 Å². The molecule has 0 spiro atoms. The standard InChI is InChI=1S/C19H17BrClFN2O/c1-10(14-9-13(25-3)5-6-16(14)22)24-19-15-8-12(20)4-7-17(15)23-11(2)18(19)21/h4-10H,1-3H3,(H,23,24)/t10-/m1/s1. The molecule has 0 aliphatic rings. The number of aromatic nitrogens is 1. The number of halogens is 3. The van der Waals surface area contributed by atoms with Crippen molar-refractivity contribution in [3.63, 3.8) is 0 Å². The molecule has 0 fully saturated rings. The predicted molar refractivity (Wildman–Crippen MR) is 104 cm³/mol. The van der Waals surface area contributed by atoms with E-state index in [-0.39, 0.29) is 11.9 Å². The number of hydrogen-bond acceptors (Lipinski definition) is 3. The van der Waals surface area contributed by atoms with Crippen LogP contribution >= 0.6 is 27.5 Å². The summed E-state index contributed by atoms with van der Waals surface area (Å²) in [6.45, 7) is 3.74. The minimum Gasteiger partial charge on any atom is -0.497 e. The average molecular weight is 424 g/mol. The van der Waals surface area contributed by atoms with Gasteiger partial charge in [0, 0.05) is 15.4 Å². The maximum atomic E-state index is 14.3. The second kappa shape index (κ2) is 7.18. The Morgan fingerprint density at radius 1 is 1.24 bits per heavy atom. The van der Waals surface area contributed by atoms with Gasteiger partial charge in [-0.3, -0.25) is 4.98 Å². The van der Waals surface area contributed by atoms with Gasteiger partial charge in [-0.15, -0.1) is 0 Å². The molecule has 1 heterocycles. The normalized spacial score (nSPS) is 12.2. The number of nitrogens with one attached hydrogen (secondary N) is 1. The van der Waals surface area contributed by atoms with Crippen LogP contribution < -0.4 is 10.1 Å². The molecule has 0 saturated heterocycles. The molecule has 2 aromatic carbocycles. The Morgan fingerprint density at radius 3 is 2.72 bits per heavy atom. The highest BCUT2D eigenvalue weighted by molar-refractivity contribution is 9.10. The minimum absolute atomic E-state index is 0.298. The molecule has 1 atom stereocenters. The van der Waals surface area contributed by atoms with Gasteiger partial charge in [-0.05, 0) is 50.2 Å². The first-order valence-corrected chi connectivity index (χ1v) is 8.93. The molecule has 0 bridgehead atoms. The van der Waals surface area contributed by atoms with Gasteiger partial charge in [0.05, 0.1) is 35.1 Å². The molecule has 0 radical (unpaired) electrons. The largest absolute Gasteiger partial charge is 0.497 e. The van der Waals surface area contributed by atoms with Crippen LogP contribution in [0.1, 0.15) is 24.2 Å². The zero-order valence-corrected chi connectivity index (χ0v) is 16.4.